The highest BCUT2D eigenvalue weighted by atomic mass is 32.1. The van der Waals surface area contributed by atoms with Crippen molar-refractivity contribution >= 4 is 22.9 Å². The molecule has 1 atom stereocenters. The topological polar surface area (TPSA) is 52.6 Å². The second-order valence-electron chi connectivity index (χ2n) is 5.49. The fraction of sp³-hybridized carbons (Fsp3) is 0.389. The highest BCUT2D eigenvalue weighted by molar-refractivity contribution is 7.11. The van der Waals surface area contributed by atoms with Crippen molar-refractivity contribution in [3.8, 4) is 0 Å². The Hall–Kier alpha value is -1.69. The highest BCUT2D eigenvalue weighted by Crippen LogP contribution is 2.20. The normalized spacial score (nSPS) is 12.3. The average molecular weight is 332 g/mol. The maximum atomic E-state index is 12.6. The van der Waals surface area contributed by atoms with Gasteiger partial charge in [0.25, 0.3) is 0 Å². The van der Waals surface area contributed by atoms with E-state index in [4.69, 9.17) is 0 Å². The van der Waals surface area contributed by atoms with Crippen molar-refractivity contribution in [3.63, 3.8) is 0 Å². The van der Waals surface area contributed by atoms with Gasteiger partial charge in [0.1, 0.15) is 0 Å². The molecule has 0 saturated heterocycles. The van der Waals surface area contributed by atoms with Gasteiger partial charge < -0.3 is 10.4 Å². The molecule has 5 heteroatoms. The Bertz CT molecular complexity index is 612. The molecular formula is C18H24N2O2S. The number of nitrogens with one attached hydrogen (secondary N) is 1. The molecule has 2 N–H and O–H groups in total. The van der Waals surface area contributed by atoms with Crippen molar-refractivity contribution in [1.29, 1.82) is 0 Å². The van der Waals surface area contributed by atoms with Gasteiger partial charge in [-0.1, -0.05) is 25.1 Å². The number of para-hydroxylation sites is 1. The number of amides is 1. The fourth-order valence-electron chi connectivity index (χ4n) is 2.60. The van der Waals surface area contributed by atoms with Gasteiger partial charge in [-0.3, -0.25) is 9.69 Å². The Morgan fingerprint density at radius 1 is 1.26 bits per heavy atom. The third-order valence-electron chi connectivity index (χ3n) is 3.71. The Labute approximate surface area is 141 Å². The molecule has 0 aliphatic rings. The van der Waals surface area contributed by atoms with Crippen LogP contribution in [0, 0.1) is 6.92 Å². The van der Waals surface area contributed by atoms with E-state index in [2.05, 4.69) is 24.4 Å². The molecule has 1 aromatic carbocycles. The van der Waals surface area contributed by atoms with Crippen LogP contribution < -0.4 is 5.32 Å². The Balaban J connectivity index is 2.08. The fourth-order valence-corrected chi connectivity index (χ4v) is 3.52. The minimum Gasteiger partial charge on any atom is -0.395 e. The number of aliphatic hydroxyl groups is 1. The first-order chi connectivity index (χ1) is 11.1. The largest absolute Gasteiger partial charge is 0.395 e. The zero-order chi connectivity index (χ0) is 16.7. The molecule has 1 heterocycles. The molecule has 2 rings (SSSR count). The third-order valence-corrected chi connectivity index (χ3v) is 4.70. The summed E-state index contributed by atoms with van der Waals surface area (Å²) in [6.07, 6.45) is 0.697. The molecule has 1 aromatic heterocycles. The summed E-state index contributed by atoms with van der Waals surface area (Å²) >= 11 is 1.73. The molecular weight excluding hydrogens is 308 g/mol. The number of hydrogen-bond acceptors (Lipinski definition) is 4. The van der Waals surface area contributed by atoms with Crippen molar-refractivity contribution in [2.45, 2.75) is 32.9 Å². The van der Waals surface area contributed by atoms with Crippen LogP contribution in [-0.4, -0.2) is 35.1 Å². The number of carbonyl (C=O) groups excluding carboxylic acids is 1. The summed E-state index contributed by atoms with van der Waals surface area (Å²) in [6, 6.07) is 13.4. The lowest BCUT2D eigenvalue weighted by Crippen LogP contribution is -2.44. The molecule has 0 saturated carbocycles. The second-order valence-corrected chi connectivity index (χ2v) is 6.86. The maximum Gasteiger partial charge on any atom is 0.241 e. The average Bonchev–Trinajstić information content (AvgIpc) is 2.94. The minimum atomic E-state index is -0.259. The summed E-state index contributed by atoms with van der Waals surface area (Å²) in [7, 11) is 0. The SMILES string of the molecule is CC[C@@H](C(=O)Nc1ccccc1)N(CCO)Cc1ccc(C)s1. The number of aliphatic hydroxyl groups excluding tert-OH is 1. The number of thiophene rings is 1. The van der Waals surface area contributed by atoms with Crippen LogP contribution in [0.15, 0.2) is 42.5 Å². The molecule has 0 unspecified atom stereocenters. The van der Waals surface area contributed by atoms with Gasteiger partial charge in [0.2, 0.25) is 5.91 Å². The molecule has 2 aromatic rings. The molecule has 0 aliphatic heterocycles. The predicted molar refractivity (Wildman–Crippen MR) is 95.7 cm³/mol. The van der Waals surface area contributed by atoms with Gasteiger partial charge in [0.15, 0.2) is 0 Å². The van der Waals surface area contributed by atoms with Crippen LogP contribution in [0.2, 0.25) is 0 Å². The van der Waals surface area contributed by atoms with Crippen LogP contribution in [0.4, 0.5) is 5.69 Å². The molecule has 4 nitrogen and oxygen atoms in total. The Morgan fingerprint density at radius 3 is 2.57 bits per heavy atom. The molecule has 124 valence electrons. The van der Waals surface area contributed by atoms with Gasteiger partial charge in [-0.25, -0.2) is 0 Å². The van der Waals surface area contributed by atoms with Gasteiger partial charge in [-0.05, 0) is 37.6 Å². The molecule has 0 radical (unpaired) electrons. The molecule has 0 bridgehead atoms. The van der Waals surface area contributed by atoms with Crippen LogP contribution >= 0.6 is 11.3 Å². The van der Waals surface area contributed by atoms with Crippen molar-refractivity contribution in [3.05, 3.63) is 52.2 Å². The number of nitrogens with zero attached hydrogens (tertiary/aromatic N) is 1. The monoisotopic (exact) mass is 332 g/mol. The zero-order valence-electron chi connectivity index (χ0n) is 13.7. The first kappa shape index (κ1) is 17.7. The minimum absolute atomic E-state index is 0.0274. The first-order valence-corrected chi connectivity index (χ1v) is 8.71. The molecule has 0 fully saturated rings. The van der Waals surface area contributed by atoms with E-state index in [0.29, 0.717) is 19.5 Å². The van der Waals surface area contributed by atoms with Crippen LogP contribution in [0.5, 0.6) is 0 Å². The predicted octanol–water partition coefficient (Wildman–Crippen LogP) is 3.27. The first-order valence-electron chi connectivity index (χ1n) is 7.90. The zero-order valence-corrected chi connectivity index (χ0v) is 14.5. The summed E-state index contributed by atoms with van der Waals surface area (Å²) < 4.78 is 0. The van der Waals surface area contributed by atoms with E-state index in [1.54, 1.807) is 11.3 Å². The van der Waals surface area contributed by atoms with E-state index < -0.39 is 0 Å². The second kappa shape index (κ2) is 8.82. The van der Waals surface area contributed by atoms with Crippen LogP contribution in [0.3, 0.4) is 0 Å². The maximum absolute atomic E-state index is 12.6. The number of rotatable bonds is 8. The van der Waals surface area contributed by atoms with Crippen molar-refractivity contribution in [2.24, 2.45) is 0 Å². The summed E-state index contributed by atoms with van der Waals surface area (Å²) in [6.45, 7) is 5.28. The Kier molecular flexibility index (Phi) is 6.77. The van der Waals surface area contributed by atoms with Crippen molar-refractivity contribution in [1.82, 2.24) is 4.90 Å². The van der Waals surface area contributed by atoms with E-state index >= 15 is 0 Å². The summed E-state index contributed by atoms with van der Waals surface area (Å²) in [5.74, 6) is -0.0274. The quantitative estimate of drug-likeness (QED) is 0.780. The standard InChI is InChI=1S/C18H24N2O2S/c1-3-17(18(22)19-15-7-5-4-6-8-15)20(11-12-21)13-16-10-9-14(2)23-16/h4-10,17,21H,3,11-13H2,1-2H3,(H,19,22)/t17-/m0/s1. The molecule has 0 aliphatic carbocycles. The van der Waals surface area contributed by atoms with E-state index in [9.17, 15) is 9.90 Å². The van der Waals surface area contributed by atoms with E-state index in [1.165, 1.54) is 9.75 Å². The van der Waals surface area contributed by atoms with Gasteiger partial charge in [0.05, 0.1) is 12.6 Å². The number of hydrogen-bond donors (Lipinski definition) is 2. The summed E-state index contributed by atoms with van der Waals surface area (Å²) in [5, 5.41) is 12.3. The lowest BCUT2D eigenvalue weighted by Gasteiger charge is -2.29. The van der Waals surface area contributed by atoms with E-state index in [0.717, 1.165) is 5.69 Å². The van der Waals surface area contributed by atoms with E-state index in [-0.39, 0.29) is 18.6 Å². The lowest BCUT2D eigenvalue weighted by atomic mass is 10.1. The molecule has 23 heavy (non-hydrogen) atoms. The van der Waals surface area contributed by atoms with E-state index in [1.807, 2.05) is 42.2 Å². The Morgan fingerprint density at radius 2 is 2.00 bits per heavy atom. The van der Waals surface area contributed by atoms with Gasteiger partial charge >= 0.3 is 0 Å². The smallest absolute Gasteiger partial charge is 0.241 e. The van der Waals surface area contributed by atoms with Gasteiger partial charge in [-0.15, -0.1) is 11.3 Å². The van der Waals surface area contributed by atoms with Crippen molar-refractivity contribution < 1.29 is 9.90 Å². The van der Waals surface area contributed by atoms with Crippen molar-refractivity contribution in [2.75, 3.05) is 18.5 Å². The number of carbonyl (C=O) groups is 1. The van der Waals surface area contributed by atoms with Gasteiger partial charge in [-0.2, -0.15) is 0 Å². The molecule has 0 spiro atoms. The number of benzene rings is 1. The lowest BCUT2D eigenvalue weighted by molar-refractivity contribution is -0.121. The number of anilines is 1. The molecule has 1 amide bonds. The number of aryl methyl sites for hydroxylation is 1. The van der Waals surface area contributed by atoms with Crippen LogP contribution in [0.1, 0.15) is 23.1 Å². The summed E-state index contributed by atoms with van der Waals surface area (Å²) in [4.78, 5) is 17.1. The van der Waals surface area contributed by atoms with Gasteiger partial charge in [0, 0.05) is 28.5 Å². The third kappa shape index (κ3) is 5.16. The highest BCUT2D eigenvalue weighted by Gasteiger charge is 2.24. The summed E-state index contributed by atoms with van der Waals surface area (Å²) in [5.41, 5.74) is 0.798. The van der Waals surface area contributed by atoms with Crippen LogP contribution in [-0.2, 0) is 11.3 Å². The van der Waals surface area contributed by atoms with Crippen LogP contribution in [0.25, 0.3) is 0 Å².